The number of aryl methyl sites for hydroxylation is 1. The van der Waals surface area contributed by atoms with E-state index >= 15 is 0 Å². The van der Waals surface area contributed by atoms with Gasteiger partial charge in [-0.1, -0.05) is 11.6 Å². The average molecular weight is 364 g/mol. The number of benzene rings is 1. The van der Waals surface area contributed by atoms with Crippen LogP contribution in [0.2, 0.25) is 0 Å². The van der Waals surface area contributed by atoms with Gasteiger partial charge in [0.05, 0.1) is 10.5 Å². The number of carbonyl (C=O) groups excluding carboxylic acids is 1. The highest BCUT2D eigenvalue weighted by Crippen LogP contribution is 2.31. The summed E-state index contributed by atoms with van der Waals surface area (Å²) in [7, 11) is -4.06. The van der Waals surface area contributed by atoms with Crippen molar-refractivity contribution in [2.24, 2.45) is 11.1 Å². The number of carbonyl (C=O) groups is 1. The van der Waals surface area contributed by atoms with Gasteiger partial charge in [0, 0.05) is 19.5 Å². The molecule has 0 bridgehead atoms. The Bertz CT molecular complexity index is 724. The van der Waals surface area contributed by atoms with Gasteiger partial charge in [-0.15, -0.1) is 0 Å². The van der Waals surface area contributed by atoms with Crippen LogP contribution < -0.4 is 5.14 Å². The van der Waals surface area contributed by atoms with Gasteiger partial charge < -0.3 is 4.90 Å². The molecule has 2 rings (SSSR count). The van der Waals surface area contributed by atoms with Crippen molar-refractivity contribution in [3.05, 3.63) is 29.3 Å². The van der Waals surface area contributed by atoms with Crippen LogP contribution in [0.1, 0.15) is 35.2 Å². The molecule has 5 nitrogen and oxygen atoms in total. The van der Waals surface area contributed by atoms with E-state index in [0.717, 1.165) is 0 Å². The topological polar surface area (TPSA) is 80.5 Å². The number of likely N-dealkylation sites (tertiary alicyclic amines) is 1. The lowest BCUT2D eigenvalue weighted by molar-refractivity contribution is -0.147. The first kappa shape index (κ1) is 18.7. The summed E-state index contributed by atoms with van der Waals surface area (Å²) in [4.78, 5) is 13.7. The van der Waals surface area contributed by atoms with E-state index in [-0.39, 0.29) is 36.4 Å². The summed E-state index contributed by atoms with van der Waals surface area (Å²) in [5, 5.41) is 5.14. The first-order valence-corrected chi connectivity index (χ1v) is 9.01. The van der Waals surface area contributed by atoms with E-state index in [2.05, 4.69) is 0 Å². The fraction of sp³-hybridized carbons (Fsp3) is 0.533. The molecule has 2 N–H and O–H groups in total. The second-order valence-corrected chi connectivity index (χ2v) is 7.63. The third kappa shape index (κ3) is 4.70. The van der Waals surface area contributed by atoms with Crippen LogP contribution in [0.3, 0.4) is 0 Å². The molecule has 0 unspecified atom stereocenters. The molecule has 1 aromatic carbocycles. The minimum atomic E-state index is -4.21. The lowest BCUT2D eigenvalue weighted by Gasteiger charge is -2.32. The number of alkyl halides is 3. The van der Waals surface area contributed by atoms with E-state index in [1.165, 1.54) is 23.1 Å². The van der Waals surface area contributed by atoms with Gasteiger partial charge in [-0.2, -0.15) is 13.2 Å². The van der Waals surface area contributed by atoms with E-state index < -0.39 is 34.4 Å². The summed E-state index contributed by atoms with van der Waals surface area (Å²) in [5.41, 5.74) is 0.657. The minimum Gasteiger partial charge on any atom is -0.339 e. The van der Waals surface area contributed by atoms with Crippen LogP contribution in [0.5, 0.6) is 0 Å². The van der Waals surface area contributed by atoms with Gasteiger partial charge in [0.25, 0.3) is 5.91 Å². The van der Waals surface area contributed by atoms with E-state index in [0.29, 0.717) is 5.56 Å². The number of piperidine rings is 1. The predicted octanol–water partition coefficient (Wildman–Crippen LogP) is 2.45. The molecule has 1 heterocycles. The van der Waals surface area contributed by atoms with Gasteiger partial charge in [-0.3, -0.25) is 4.79 Å². The van der Waals surface area contributed by atoms with Crippen LogP contribution in [0.15, 0.2) is 23.1 Å². The normalized spacial score (nSPS) is 17.1. The zero-order valence-electron chi connectivity index (χ0n) is 13.1. The monoisotopic (exact) mass is 364 g/mol. The van der Waals surface area contributed by atoms with Crippen molar-refractivity contribution in [2.75, 3.05) is 13.1 Å². The Morgan fingerprint density at radius 3 is 2.38 bits per heavy atom. The van der Waals surface area contributed by atoms with Gasteiger partial charge in [0.1, 0.15) is 0 Å². The van der Waals surface area contributed by atoms with Crippen molar-refractivity contribution in [3.63, 3.8) is 0 Å². The lowest BCUT2D eigenvalue weighted by Crippen LogP contribution is -2.40. The van der Waals surface area contributed by atoms with Crippen LogP contribution in [-0.4, -0.2) is 38.5 Å². The average Bonchev–Trinajstić information content (AvgIpc) is 2.44. The summed E-state index contributed by atoms with van der Waals surface area (Å²) < 4.78 is 60.6. The van der Waals surface area contributed by atoms with Gasteiger partial charge in [0.2, 0.25) is 10.0 Å². The van der Waals surface area contributed by atoms with Crippen molar-refractivity contribution in [1.29, 1.82) is 0 Å². The van der Waals surface area contributed by atoms with Gasteiger partial charge in [-0.25, -0.2) is 13.6 Å². The Morgan fingerprint density at radius 2 is 1.88 bits per heavy atom. The number of nitrogens with zero attached hydrogens (tertiary/aromatic N) is 1. The van der Waals surface area contributed by atoms with E-state index in [1.807, 2.05) is 0 Å². The zero-order valence-corrected chi connectivity index (χ0v) is 14.0. The highest BCUT2D eigenvalue weighted by Gasteiger charge is 2.35. The minimum absolute atomic E-state index is 0.0354. The third-order valence-electron chi connectivity index (χ3n) is 4.09. The molecule has 1 amide bonds. The second-order valence-electron chi connectivity index (χ2n) is 6.10. The van der Waals surface area contributed by atoms with E-state index in [4.69, 9.17) is 5.14 Å². The molecule has 1 aliphatic heterocycles. The molecule has 1 aliphatic rings. The van der Waals surface area contributed by atoms with Gasteiger partial charge >= 0.3 is 6.18 Å². The molecule has 1 aromatic rings. The molecule has 0 atom stereocenters. The largest absolute Gasteiger partial charge is 0.389 e. The van der Waals surface area contributed by atoms with Crippen LogP contribution in [0, 0.1) is 12.8 Å². The maximum absolute atomic E-state index is 12.6. The molecule has 1 fully saturated rings. The number of hydrogen-bond acceptors (Lipinski definition) is 3. The molecular formula is C15H19F3N2O3S. The number of primary sulfonamides is 1. The Hall–Kier alpha value is -1.61. The zero-order chi connectivity index (χ0) is 18.1. The van der Waals surface area contributed by atoms with Crippen molar-refractivity contribution in [1.82, 2.24) is 4.90 Å². The Labute approximate surface area is 138 Å². The first-order chi connectivity index (χ1) is 11.0. The fourth-order valence-corrected chi connectivity index (χ4v) is 3.61. The number of sulfonamides is 1. The number of rotatable bonds is 3. The third-order valence-corrected chi connectivity index (χ3v) is 5.06. The Morgan fingerprint density at radius 1 is 1.29 bits per heavy atom. The van der Waals surface area contributed by atoms with E-state index in [9.17, 15) is 26.4 Å². The van der Waals surface area contributed by atoms with Crippen LogP contribution in [0.4, 0.5) is 13.2 Å². The van der Waals surface area contributed by atoms with Crippen molar-refractivity contribution in [3.8, 4) is 0 Å². The fourth-order valence-electron chi connectivity index (χ4n) is 2.90. The van der Waals surface area contributed by atoms with Crippen LogP contribution in [0.25, 0.3) is 0 Å². The summed E-state index contributed by atoms with van der Waals surface area (Å²) in [6, 6.07) is 4.24. The van der Waals surface area contributed by atoms with Gasteiger partial charge in [0.15, 0.2) is 0 Å². The van der Waals surface area contributed by atoms with Crippen molar-refractivity contribution < 1.29 is 26.4 Å². The summed E-state index contributed by atoms with van der Waals surface area (Å²) in [6.07, 6.45) is -4.60. The maximum Gasteiger partial charge on any atom is 0.389 e. The highest BCUT2D eigenvalue weighted by molar-refractivity contribution is 7.89. The molecule has 0 aromatic heterocycles. The Kier molecular flexibility index (Phi) is 5.24. The molecular weight excluding hydrogens is 345 g/mol. The molecule has 0 aliphatic carbocycles. The summed E-state index contributed by atoms with van der Waals surface area (Å²) >= 11 is 0. The smallest absolute Gasteiger partial charge is 0.339 e. The first-order valence-electron chi connectivity index (χ1n) is 7.47. The van der Waals surface area contributed by atoms with Crippen molar-refractivity contribution >= 4 is 15.9 Å². The molecule has 24 heavy (non-hydrogen) atoms. The number of amides is 1. The molecule has 0 saturated carbocycles. The second kappa shape index (κ2) is 6.72. The highest BCUT2D eigenvalue weighted by atomic mass is 32.2. The molecule has 134 valence electrons. The van der Waals surface area contributed by atoms with Crippen LogP contribution >= 0.6 is 0 Å². The number of halogens is 3. The SMILES string of the molecule is Cc1ccc(S(N)(=O)=O)c(C(=O)N2CCC(CC(F)(F)F)CC2)c1. The number of hydrogen-bond donors (Lipinski definition) is 1. The summed E-state index contributed by atoms with van der Waals surface area (Å²) in [5.74, 6) is -1.03. The quantitative estimate of drug-likeness (QED) is 0.895. The molecule has 0 spiro atoms. The van der Waals surface area contributed by atoms with E-state index in [1.54, 1.807) is 6.92 Å². The summed E-state index contributed by atoms with van der Waals surface area (Å²) in [6.45, 7) is 2.04. The maximum atomic E-state index is 12.6. The standard InChI is InChI=1S/C15H19F3N2O3S/c1-10-2-3-13(24(19,22)23)12(8-10)14(21)20-6-4-11(5-7-20)9-15(16,17)18/h2-3,8,11H,4-7,9H2,1H3,(H2,19,22,23). The number of nitrogens with two attached hydrogens (primary N) is 1. The Balaban J connectivity index is 2.16. The molecule has 9 heteroatoms. The molecule has 1 saturated heterocycles. The van der Waals surface area contributed by atoms with Gasteiger partial charge in [-0.05, 0) is 37.8 Å². The van der Waals surface area contributed by atoms with Crippen molar-refractivity contribution in [2.45, 2.75) is 37.3 Å². The lowest BCUT2D eigenvalue weighted by atomic mass is 9.93. The predicted molar refractivity (Wildman–Crippen MR) is 81.9 cm³/mol. The molecule has 0 radical (unpaired) electrons. The van der Waals surface area contributed by atoms with Crippen LogP contribution in [-0.2, 0) is 10.0 Å².